The first kappa shape index (κ1) is 10.7. The maximum Gasteiger partial charge on any atom is 0.404 e. The van der Waals surface area contributed by atoms with Crippen molar-refractivity contribution in [1.82, 2.24) is 0 Å². The third-order valence-electron chi connectivity index (χ3n) is 1.60. The number of alkyl halides is 3. The largest absolute Gasteiger partial charge is 0.404 e. The lowest BCUT2D eigenvalue weighted by Gasteiger charge is -2.30. The second kappa shape index (κ2) is 2.98. The molecule has 0 heterocycles. The molecule has 0 amide bonds. The summed E-state index contributed by atoms with van der Waals surface area (Å²) >= 11 is 0. The Labute approximate surface area is 63.2 Å². The molecule has 3 N–H and O–H groups in total. The van der Waals surface area contributed by atoms with E-state index in [1.807, 2.05) is 0 Å². The lowest BCUT2D eigenvalue weighted by Crippen LogP contribution is -2.50. The molecule has 11 heavy (non-hydrogen) atoms. The Balaban J connectivity index is 4.35. The summed E-state index contributed by atoms with van der Waals surface area (Å²) in [7, 11) is 0. The first-order chi connectivity index (χ1) is 4.72. The highest BCUT2D eigenvalue weighted by Crippen LogP contribution is 2.31. The van der Waals surface area contributed by atoms with Crippen LogP contribution in [0.2, 0.25) is 0 Å². The van der Waals surface area contributed by atoms with Gasteiger partial charge in [-0.25, -0.2) is 0 Å². The average Bonchev–Trinajstić information content (AvgIpc) is 1.84. The highest BCUT2D eigenvalue weighted by molar-refractivity contribution is 4.86. The quantitative estimate of drug-likeness (QED) is 0.648. The molecule has 0 saturated heterocycles. The molecule has 0 aromatic carbocycles. The predicted octanol–water partition coefficient (Wildman–Crippen LogP) is 0.895. The van der Waals surface area contributed by atoms with Crippen molar-refractivity contribution in [1.29, 1.82) is 0 Å². The van der Waals surface area contributed by atoms with Crippen LogP contribution in [0.3, 0.4) is 0 Å². The minimum atomic E-state index is -4.44. The Morgan fingerprint density at radius 2 is 1.73 bits per heavy atom. The molecule has 0 aromatic rings. The van der Waals surface area contributed by atoms with Crippen LogP contribution >= 0.6 is 0 Å². The van der Waals surface area contributed by atoms with Crippen molar-refractivity contribution in [3.05, 3.63) is 0 Å². The molecule has 0 aliphatic heterocycles. The van der Waals surface area contributed by atoms with Gasteiger partial charge in [-0.2, -0.15) is 13.2 Å². The molecule has 0 bridgehead atoms. The molecular formula is C6H12F3NO. The van der Waals surface area contributed by atoms with Crippen LogP contribution in [-0.2, 0) is 0 Å². The summed E-state index contributed by atoms with van der Waals surface area (Å²) in [6.45, 7) is 1.96. The zero-order chi connectivity index (χ0) is 9.28. The van der Waals surface area contributed by atoms with Crippen LogP contribution in [0.25, 0.3) is 0 Å². The molecular weight excluding hydrogens is 159 g/mol. The third-order valence-corrected chi connectivity index (χ3v) is 1.60. The molecule has 68 valence electrons. The lowest BCUT2D eigenvalue weighted by atomic mass is 9.85. The van der Waals surface area contributed by atoms with Crippen LogP contribution in [0.5, 0.6) is 0 Å². The SMILES string of the molecule is CC(C)(CO)C(N)C(F)(F)F. The highest BCUT2D eigenvalue weighted by Gasteiger charge is 2.45. The number of aliphatic hydroxyl groups excluding tert-OH is 1. The van der Waals surface area contributed by atoms with Crippen molar-refractivity contribution in [3.8, 4) is 0 Å². The summed E-state index contributed by atoms with van der Waals surface area (Å²) in [6, 6.07) is -1.97. The Morgan fingerprint density at radius 3 is 1.82 bits per heavy atom. The normalized spacial score (nSPS) is 16.6. The second-order valence-corrected chi connectivity index (χ2v) is 3.17. The van der Waals surface area contributed by atoms with Crippen LogP contribution in [0.1, 0.15) is 13.8 Å². The molecule has 0 saturated carbocycles. The summed E-state index contributed by atoms with van der Waals surface area (Å²) in [6.07, 6.45) is -4.44. The Kier molecular flexibility index (Phi) is 2.91. The van der Waals surface area contributed by atoms with Crippen molar-refractivity contribution >= 4 is 0 Å². The van der Waals surface area contributed by atoms with Crippen LogP contribution in [0.15, 0.2) is 0 Å². The highest BCUT2D eigenvalue weighted by atomic mass is 19.4. The Bertz CT molecular complexity index is 132. The number of aliphatic hydroxyl groups is 1. The van der Waals surface area contributed by atoms with Gasteiger partial charge in [-0.15, -0.1) is 0 Å². The monoisotopic (exact) mass is 171 g/mol. The first-order valence-corrected chi connectivity index (χ1v) is 3.15. The number of hydrogen-bond donors (Lipinski definition) is 2. The molecule has 0 aliphatic carbocycles. The van der Waals surface area contributed by atoms with Crippen LogP contribution < -0.4 is 5.73 Å². The number of nitrogens with two attached hydrogens (primary N) is 1. The van der Waals surface area contributed by atoms with Crippen LogP contribution in [-0.4, -0.2) is 23.9 Å². The van der Waals surface area contributed by atoms with E-state index in [4.69, 9.17) is 10.8 Å². The maximum atomic E-state index is 11.9. The van der Waals surface area contributed by atoms with Crippen molar-refractivity contribution in [2.45, 2.75) is 26.1 Å². The van der Waals surface area contributed by atoms with E-state index in [9.17, 15) is 13.2 Å². The van der Waals surface area contributed by atoms with Gasteiger partial charge < -0.3 is 10.8 Å². The Morgan fingerprint density at radius 1 is 1.36 bits per heavy atom. The fourth-order valence-electron chi connectivity index (χ4n) is 0.541. The van der Waals surface area contributed by atoms with E-state index in [1.165, 1.54) is 13.8 Å². The first-order valence-electron chi connectivity index (χ1n) is 3.15. The molecule has 1 unspecified atom stereocenters. The standard InChI is InChI=1S/C6H12F3NO/c1-5(2,3-11)4(10)6(7,8)9/h4,11H,3,10H2,1-2H3. The number of halogens is 3. The molecule has 1 atom stereocenters. The van der Waals surface area contributed by atoms with Gasteiger partial charge in [0.05, 0.1) is 0 Å². The zero-order valence-electron chi connectivity index (χ0n) is 6.44. The van der Waals surface area contributed by atoms with Gasteiger partial charge in [0.2, 0.25) is 0 Å². The van der Waals surface area contributed by atoms with Crippen molar-refractivity contribution < 1.29 is 18.3 Å². The van der Waals surface area contributed by atoms with E-state index < -0.39 is 24.2 Å². The smallest absolute Gasteiger partial charge is 0.396 e. The summed E-state index contributed by atoms with van der Waals surface area (Å²) in [5.74, 6) is 0. The van der Waals surface area contributed by atoms with Gasteiger partial charge in [0, 0.05) is 12.0 Å². The van der Waals surface area contributed by atoms with E-state index >= 15 is 0 Å². The van der Waals surface area contributed by atoms with E-state index in [2.05, 4.69) is 0 Å². The van der Waals surface area contributed by atoms with Crippen LogP contribution in [0, 0.1) is 5.41 Å². The zero-order valence-corrected chi connectivity index (χ0v) is 6.44. The minimum absolute atomic E-state index is 0.576. The van der Waals surface area contributed by atoms with Gasteiger partial charge >= 0.3 is 6.18 Å². The van der Waals surface area contributed by atoms with Crippen molar-refractivity contribution in [2.75, 3.05) is 6.61 Å². The molecule has 0 aromatic heterocycles. The number of rotatable bonds is 2. The molecule has 2 nitrogen and oxygen atoms in total. The van der Waals surface area contributed by atoms with Gasteiger partial charge in [0.25, 0.3) is 0 Å². The molecule has 0 aliphatic rings. The van der Waals surface area contributed by atoms with Gasteiger partial charge in [-0.05, 0) is 0 Å². The molecule has 0 fully saturated rings. The summed E-state index contributed by atoms with van der Waals surface area (Å²) in [5.41, 5.74) is 3.55. The molecule has 0 radical (unpaired) electrons. The Hall–Kier alpha value is -0.290. The number of hydrogen-bond acceptors (Lipinski definition) is 2. The van der Waals surface area contributed by atoms with E-state index in [1.54, 1.807) is 0 Å². The van der Waals surface area contributed by atoms with Crippen LogP contribution in [0.4, 0.5) is 13.2 Å². The third kappa shape index (κ3) is 2.67. The predicted molar refractivity (Wildman–Crippen MR) is 34.9 cm³/mol. The van der Waals surface area contributed by atoms with Gasteiger partial charge in [-0.3, -0.25) is 0 Å². The topological polar surface area (TPSA) is 46.2 Å². The second-order valence-electron chi connectivity index (χ2n) is 3.17. The minimum Gasteiger partial charge on any atom is -0.396 e. The summed E-state index contributed by atoms with van der Waals surface area (Å²) < 4.78 is 35.7. The average molecular weight is 171 g/mol. The van der Waals surface area contributed by atoms with Gasteiger partial charge in [0.15, 0.2) is 0 Å². The maximum absolute atomic E-state index is 11.9. The van der Waals surface area contributed by atoms with Gasteiger partial charge in [0.1, 0.15) is 6.04 Å². The van der Waals surface area contributed by atoms with Gasteiger partial charge in [-0.1, -0.05) is 13.8 Å². The van der Waals surface area contributed by atoms with Crippen molar-refractivity contribution in [2.24, 2.45) is 11.1 Å². The summed E-state index contributed by atoms with van der Waals surface area (Å²) in [5, 5.41) is 8.55. The van der Waals surface area contributed by atoms with E-state index in [0.717, 1.165) is 0 Å². The molecule has 5 heteroatoms. The summed E-state index contributed by atoms with van der Waals surface area (Å²) in [4.78, 5) is 0. The molecule has 0 rings (SSSR count). The van der Waals surface area contributed by atoms with E-state index in [-0.39, 0.29) is 0 Å². The fourth-order valence-corrected chi connectivity index (χ4v) is 0.541. The fraction of sp³-hybridized carbons (Fsp3) is 1.00. The lowest BCUT2D eigenvalue weighted by molar-refractivity contribution is -0.174. The molecule has 0 spiro atoms. The van der Waals surface area contributed by atoms with Crippen molar-refractivity contribution in [3.63, 3.8) is 0 Å². The van der Waals surface area contributed by atoms with E-state index in [0.29, 0.717) is 0 Å².